The lowest BCUT2D eigenvalue weighted by Crippen LogP contribution is -2.14. The summed E-state index contributed by atoms with van der Waals surface area (Å²) in [6.07, 6.45) is 5.29. The molecule has 0 spiro atoms. The second-order valence-corrected chi connectivity index (χ2v) is 4.76. The molecule has 1 nitrogen and oxygen atoms in total. The summed E-state index contributed by atoms with van der Waals surface area (Å²) in [5.41, 5.74) is 0. The van der Waals surface area contributed by atoms with Crippen LogP contribution in [0.3, 0.4) is 0 Å². The van der Waals surface area contributed by atoms with Crippen molar-refractivity contribution in [3.63, 3.8) is 0 Å². The Hall–Kier alpha value is -0.290. The largest absolute Gasteiger partial charge is 0.259 e. The van der Waals surface area contributed by atoms with Gasteiger partial charge in [-0.2, -0.15) is 0 Å². The first kappa shape index (κ1) is 7.81. The van der Waals surface area contributed by atoms with E-state index in [1.165, 1.54) is 0 Å². The van der Waals surface area contributed by atoms with Gasteiger partial charge < -0.3 is 0 Å². The maximum Gasteiger partial charge on any atom is 0.0460 e. The van der Waals surface area contributed by atoms with Crippen LogP contribution in [0.25, 0.3) is 0 Å². The van der Waals surface area contributed by atoms with Crippen molar-refractivity contribution in [2.45, 2.75) is 19.1 Å². The van der Waals surface area contributed by atoms with Gasteiger partial charge >= 0.3 is 0 Å². The first-order valence-corrected chi connectivity index (χ1v) is 4.88. The van der Waals surface area contributed by atoms with Crippen molar-refractivity contribution < 1.29 is 4.21 Å². The van der Waals surface area contributed by atoms with Gasteiger partial charge in [0.05, 0.1) is 0 Å². The molecule has 4 unspecified atom stereocenters. The molecule has 0 aromatic heterocycles. The van der Waals surface area contributed by atoms with Gasteiger partial charge in [-0.25, -0.2) is 0 Å². The summed E-state index contributed by atoms with van der Waals surface area (Å²) in [6, 6.07) is 0. The highest BCUT2D eigenvalue weighted by atomic mass is 32.2. The summed E-state index contributed by atoms with van der Waals surface area (Å²) in [6.45, 7) is 4.05. The van der Waals surface area contributed by atoms with Crippen LogP contribution in [0.4, 0.5) is 0 Å². The lowest BCUT2D eigenvalue weighted by molar-refractivity contribution is 0.513. The molecular weight excluding hydrogens is 144 g/mol. The molecule has 0 aromatic carbocycles. The maximum atomic E-state index is 11.2. The van der Waals surface area contributed by atoms with Crippen LogP contribution in [0.5, 0.6) is 0 Å². The zero-order valence-corrected chi connectivity index (χ0v) is 7.15. The predicted octanol–water partition coefficient (Wildman–Crippen LogP) is 1.02. The van der Waals surface area contributed by atoms with E-state index in [-0.39, 0.29) is 11.2 Å². The highest BCUT2D eigenvalue weighted by Gasteiger charge is 2.34. The monoisotopic (exact) mass is 156 g/mol. The molecule has 56 valence electrons. The second kappa shape index (κ2) is 2.75. The SMILES string of the molecule is C#CC1C(C)CS(=O)C1C. The predicted molar refractivity (Wildman–Crippen MR) is 44.0 cm³/mol. The smallest absolute Gasteiger partial charge is 0.0460 e. The third-order valence-corrected chi connectivity index (χ3v) is 4.13. The van der Waals surface area contributed by atoms with E-state index in [2.05, 4.69) is 12.8 Å². The van der Waals surface area contributed by atoms with E-state index in [1.807, 2.05) is 6.92 Å². The van der Waals surface area contributed by atoms with Crippen LogP contribution < -0.4 is 0 Å². The van der Waals surface area contributed by atoms with Crippen LogP contribution in [-0.4, -0.2) is 15.2 Å². The molecule has 1 saturated heterocycles. The molecule has 0 radical (unpaired) electrons. The Morgan fingerprint density at radius 1 is 1.60 bits per heavy atom. The van der Waals surface area contributed by atoms with Crippen molar-refractivity contribution in [3.8, 4) is 12.3 Å². The average Bonchev–Trinajstić information content (AvgIpc) is 2.09. The van der Waals surface area contributed by atoms with Gasteiger partial charge in [-0.1, -0.05) is 6.92 Å². The molecule has 1 rings (SSSR count). The fourth-order valence-corrected chi connectivity index (χ4v) is 3.14. The van der Waals surface area contributed by atoms with Crippen LogP contribution in [0.15, 0.2) is 0 Å². The third-order valence-electron chi connectivity index (χ3n) is 2.15. The molecule has 4 atom stereocenters. The zero-order chi connectivity index (χ0) is 7.72. The van der Waals surface area contributed by atoms with E-state index >= 15 is 0 Å². The van der Waals surface area contributed by atoms with Gasteiger partial charge in [0.1, 0.15) is 0 Å². The number of hydrogen-bond donors (Lipinski definition) is 0. The minimum atomic E-state index is -0.670. The Morgan fingerprint density at radius 3 is 2.40 bits per heavy atom. The van der Waals surface area contributed by atoms with Gasteiger partial charge in [-0.3, -0.25) is 4.21 Å². The van der Waals surface area contributed by atoms with Crippen molar-refractivity contribution in [1.29, 1.82) is 0 Å². The van der Waals surface area contributed by atoms with Crippen molar-refractivity contribution >= 4 is 10.8 Å². The summed E-state index contributed by atoms with van der Waals surface area (Å²) in [4.78, 5) is 0. The van der Waals surface area contributed by atoms with Gasteiger partial charge in [0.25, 0.3) is 0 Å². The summed E-state index contributed by atoms with van der Waals surface area (Å²) in [7, 11) is -0.670. The molecule has 0 N–H and O–H groups in total. The Morgan fingerprint density at radius 2 is 2.20 bits per heavy atom. The summed E-state index contributed by atoms with van der Waals surface area (Å²) in [5.74, 6) is 4.17. The minimum Gasteiger partial charge on any atom is -0.259 e. The minimum absolute atomic E-state index is 0.208. The van der Waals surface area contributed by atoms with Crippen LogP contribution in [0.2, 0.25) is 0 Å². The van der Waals surface area contributed by atoms with Crippen molar-refractivity contribution in [2.24, 2.45) is 11.8 Å². The highest BCUT2D eigenvalue weighted by molar-refractivity contribution is 7.85. The van der Waals surface area contributed by atoms with E-state index in [0.29, 0.717) is 5.92 Å². The molecule has 0 amide bonds. The molecule has 2 heteroatoms. The summed E-state index contributed by atoms with van der Waals surface area (Å²) < 4.78 is 11.2. The normalized spacial score (nSPS) is 46.9. The molecule has 0 saturated carbocycles. The fourth-order valence-electron chi connectivity index (χ4n) is 1.44. The molecule has 10 heavy (non-hydrogen) atoms. The van der Waals surface area contributed by atoms with E-state index in [1.54, 1.807) is 0 Å². The van der Waals surface area contributed by atoms with Crippen molar-refractivity contribution in [3.05, 3.63) is 0 Å². The standard InChI is InChI=1S/C8H12OS/c1-4-8-6(2)5-10(9)7(8)3/h1,6-8H,5H2,2-3H3. The van der Waals surface area contributed by atoms with Crippen molar-refractivity contribution in [2.75, 3.05) is 5.75 Å². The van der Waals surface area contributed by atoms with E-state index in [9.17, 15) is 4.21 Å². The molecule has 0 aliphatic carbocycles. The van der Waals surface area contributed by atoms with Gasteiger partial charge in [0.15, 0.2) is 0 Å². The fraction of sp³-hybridized carbons (Fsp3) is 0.750. The van der Waals surface area contributed by atoms with Crippen LogP contribution in [0, 0.1) is 24.2 Å². The molecule has 1 aliphatic heterocycles. The molecular formula is C8H12OS. The lowest BCUT2D eigenvalue weighted by atomic mass is 9.94. The highest BCUT2D eigenvalue weighted by Crippen LogP contribution is 2.28. The van der Waals surface area contributed by atoms with Gasteiger partial charge in [0.2, 0.25) is 0 Å². The maximum absolute atomic E-state index is 11.2. The molecule has 1 heterocycles. The average molecular weight is 156 g/mol. The van der Waals surface area contributed by atoms with E-state index < -0.39 is 10.8 Å². The number of terminal acetylenes is 1. The van der Waals surface area contributed by atoms with Crippen LogP contribution in [-0.2, 0) is 10.8 Å². The van der Waals surface area contributed by atoms with Gasteiger partial charge in [0, 0.05) is 27.7 Å². The first-order valence-electron chi connectivity index (χ1n) is 3.50. The van der Waals surface area contributed by atoms with Crippen LogP contribution >= 0.6 is 0 Å². The Bertz CT molecular complexity index is 192. The summed E-state index contributed by atoms with van der Waals surface area (Å²) >= 11 is 0. The van der Waals surface area contributed by atoms with Crippen LogP contribution in [0.1, 0.15) is 13.8 Å². The topological polar surface area (TPSA) is 17.1 Å². The molecule has 1 aliphatic rings. The second-order valence-electron chi connectivity index (χ2n) is 2.92. The molecule has 0 bridgehead atoms. The first-order chi connectivity index (χ1) is 4.66. The lowest BCUT2D eigenvalue weighted by Gasteiger charge is -2.09. The van der Waals surface area contributed by atoms with E-state index in [4.69, 9.17) is 6.42 Å². The molecule has 1 fully saturated rings. The number of rotatable bonds is 0. The summed E-state index contributed by atoms with van der Waals surface area (Å²) in [5, 5.41) is 0.208. The third kappa shape index (κ3) is 1.11. The van der Waals surface area contributed by atoms with Gasteiger partial charge in [-0.15, -0.1) is 12.3 Å². The Labute approximate surface area is 64.7 Å². The van der Waals surface area contributed by atoms with Crippen molar-refractivity contribution in [1.82, 2.24) is 0 Å². The quantitative estimate of drug-likeness (QED) is 0.479. The Balaban J connectivity index is 2.76. The van der Waals surface area contributed by atoms with E-state index in [0.717, 1.165) is 5.75 Å². The van der Waals surface area contributed by atoms with Gasteiger partial charge in [-0.05, 0) is 12.8 Å². The molecule has 0 aromatic rings. The Kier molecular flexibility index (Phi) is 2.15. The number of hydrogen-bond acceptors (Lipinski definition) is 1. The zero-order valence-electron chi connectivity index (χ0n) is 6.33.